The van der Waals surface area contributed by atoms with Crippen LogP contribution in [-0.4, -0.2) is 28.8 Å². The topological polar surface area (TPSA) is 41.9 Å². The van der Waals surface area contributed by atoms with Crippen LogP contribution in [0, 0.1) is 17.8 Å². The number of hydrogen-bond donors (Lipinski definition) is 0. The van der Waals surface area contributed by atoms with Gasteiger partial charge in [0, 0.05) is 17.1 Å². The van der Waals surface area contributed by atoms with Crippen LogP contribution in [0.5, 0.6) is 0 Å². The summed E-state index contributed by atoms with van der Waals surface area (Å²) in [6, 6.07) is 7.28. The van der Waals surface area contributed by atoms with Gasteiger partial charge < -0.3 is 4.84 Å². The van der Waals surface area contributed by atoms with E-state index in [0.717, 1.165) is 12.0 Å². The number of amides is 1. The average molecular weight is 309 g/mol. The van der Waals surface area contributed by atoms with Crippen molar-refractivity contribution in [3.05, 3.63) is 34.9 Å². The fourth-order valence-electron chi connectivity index (χ4n) is 2.35. The first-order chi connectivity index (χ1) is 9.65. The van der Waals surface area contributed by atoms with Crippen LogP contribution in [0.4, 0.5) is 4.79 Å². The van der Waals surface area contributed by atoms with Crippen molar-refractivity contribution in [2.75, 3.05) is 6.54 Å². The Hall–Kier alpha value is -1.70. The van der Waals surface area contributed by atoms with Gasteiger partial charge in [-0.1, -0.05) is 28.7 Å². The van der Waals surface area contributed by atoms with Crippen molar-refractivity contribution in [1.82, 2.24) is 4.90 Å². The Balaban J connectivity index is 1.76. The number of nitrogens with zero attached hydrogens (tertiary/aromatic N) is 2. The van der Waals surface area contributed by atoms with E-state index >= 15 is 0 Å². The highest BCUT2D eigenvalue weighted by Crippen LogP contribution is 2.32. The minimum Gasteiger partial charge on any atom is -0.369 e. The van der Waals surface area contributed by atoms with Crippen LogP contribution in [0.3, 0.4) is 0 Å². The predicted octanol–water partition coefficient (Wildman–Crippen LogP) is 3.08. The normalized spacial score (nSPS) is 23.5. The van der Waals surface area contributed by atoms with Crippen molar-refractivity contribution in [1.29, 1.82) is 0 Å². The predicted molar refractivity (Wildman–Crippen MR) is 76.7 cm³/mol. The number of carbonyl (C=O) groups is 1. The molecule has 0 N–H and O–H groups in total. The standard InChI is InChI=1S/C14H10Cl2N2O2/c15-10-3-1-2-9(8-10)4-5-12-11-6-7-18(14(16)19)13(11)20-17-12/h1-3,8,11,13H,6-7H2. The third kappa shape index (κ3) is 2.47. The number of halogens is 2. The Morgan fingerprint density at radius 1 is 1.45 bits per heavy atom. The molecule has 0 spiro atoms. The van der Waals surface area contributed by atoms with Gasteiger partial charge in [0.1, 0.15) is 5.71 Å². The molecule has 3 rings (SSSR count). The molecule has 2 heterocycles. The number of carbonyl (C=O) groups excluding carboxylic acids is 1. The molecule has 2 atom stereocenters. The molecular formula is C14H10Cl2N2O2. The molecule has 0 bridgehead atoms. The van der Waals surface area contributed by atoms with E-state index < -0.39 is 11.6 Å². The molecule has 1 amide bonds. The maximum Gasteiger partial charge on any atom is 0.319 e. The van der Waals surface area contributed by atoms with Crippen molar-refractivity contribution in [2.45, 2.75) is 12.6 Å². The van der Waals surface area contributed by atoms with Crippen LogP contribution in [0.15, 0.2) is 29.4 Å². The van der Waals surface area contributed by atoms with Gasteiger partial charge in [0.05, 0.1) is 5.92 Å². The molecule has 4 nitrogen and oxygen atoms in total. The molecule has 6 heteroatoms. The molecule has 1 aromatic carbocycles. The van der Waals surface area contributed by atoms with Gasteiger partial charge in [-0.15, -0.1) is 0 Å². The summed E-state index contributed by atoms with van der Waals surface area (Å²) >= 11 is 11.4. The second kappa shape index (κ2) is 5.35. The van der Waals surface area contributed by atoms with Gasteiger partial charge in [-0.2, -0.15) is 0 Å². The number of benzene rings is 1. The zero-order valence-electron chi connectivity index (χ0n) is 10.3. The average Bonchev–Trinajstić information content (AvgIpc) is 2.97. The smallest absolute Gasteiger partial charge is 0.319 e. The van der Waals surface area contributed by atoms with Crippen LogP contribution < -0.4 is 0 Å². The largest absolute Gasteiger partial charge is 0.369 e. The third-order valence-electron chi connectivity index (χ3n) is 3.33. The highest BCUT2D eigenvalue weighted by molar-refractivity contribution is 6.62. The van der Waals surface area contributed by atoms with Crippen molar-refractivity contribution >= 4 is 34.3 Å². The van der Waals surface area contributed by atoms with E-state index in [-0.39, 0.29) is 5.92 Å². The minimum absolute atomic E-state index is 0.00406. The number of likely N-dealkylation sites (tertiary alicyclic amines) is 1. The van der Waals surface area contributed by atoms with Crippen molar-refractivity contribution in [3.8, 4) is 11.8 Å². The first-order valence-electron chi connectivity index (χ1n) is 6.12. The van der Waals surface area contributed by atoms with E-state index in [2.05, 4.69) is 17.0 Å². The van der Waals surface area contributed by atoms with E-state index in [9.17, 15) is 4.79 Å². The quantitative estimate of drug-likeness (QED) is 0.420. The first kappa shape index (κ1) is 13.3. The third-order valence-corrected chi connectivity index (χ3v) is 3.78. The van der Waals surface area contributed by atoms with Gasteiger partial charge in [-0.05, 0) is 42.1 Å². The SMILES string of the molecule is O=C(Cl)N1CCC2C(C#Cc3cccc(Cl)c3)=NOC21. The Morgan fingerprint density at radius 2 is 2.30 bits per heavy atom. The lowest BCUT2D eigenvalue weighted by molar-refractivity contribution is -0.00115. The van der Waals surface area contributed by atoms with E-state index in [0.29, 0.717) is 17.3 Å². The second-order valence-electron chi connectivity index (χ2n) is 4.57. The highest BCUT2D eigenvalue weighted by atomic mass is 35.5. The van der Waals surface area contributed by atoms with E-state index in [1.54, 1.807) is 12.1 Å². The minimum atomic E-state index is -0.517. The number of fused-ring (bicyclic) bond motifs is 1. The molecule has 20 heavy (non-hydrogen) atoms. The Kier molecular flexibility index (Phi) is 3.56. The molecular weight excluding hydrogens is 299 g/mol. The molecule has 0 aliphatic carbocycles. The summed E-state index contributed by atoms with van der Waals surface area (Å²) in [6.45, 7) is 0.565. The molecule has 1 saturated heterocycles. The van der Waals surface area contributed by atoms with Gasteiger partial charge >= 0.3 is 5.37 Å². The molecule has 2 aliphatic heterocycles. The van der Waals surface area contributed by atoms with Crippen molar-refractivity contribution in [2.24, 2.45) is 11.1 Å². The first-order valence-corrected chi connectivity index (χ1v) is 6.88. The number of oxime groups is 1. The summed E-state index contributed by atoms with van der Waals surface area (Å²) in [6.07, 6.45) is 0.343. The van der Waals surface area contributed by atoms with E-state index in [1.165, 1.54) is 4.90 Å². The fourth-order valence-corrected chi connectivity index (χ4v) is 2.72. The van der Waals surface area contributed by atoms with Gasteiger partial charge in [-0.3, -0.25) is 9.69 Å². The zero-order valence-corrected chi connectivity index (χ0v) is 11.9. The van der Waals surface area contributed by atoms with Crippen LogP contribution in [0.1, 0.15) is 12.0 Å². The molecule has 0 saturated carbocycles. The molecule has 2 aliphatic rings. The molecule has 1 aromatic rings. The van der Waals surface area contributed by atoms with E-state index in [4.69, 9.17) is 28.0 Å². The van der Waals surface area contributed by atoms with Crippen LogP contribution >= 0.6 is 23.2 Å². The lowest BCUT2D eigenvalue weighted by Gasteiger charge is -2.17. The number of rotatable bonds is 0. The summed E-state index contributed by atoms with van der Waals surface area (Å²) < 4.78 is 0. The zero-order chi connectivity index (χ0) is 14.1. The van der Waals surface area contributed by atoms with Crippen molar-refractivity contribution < 1.29 is 9.63 Å². The summed E-state index contributed by atoms with van der Waals surface area (Å²) in [4.78, 5) is 17.9. The Morgan fingerprint density at radius 3 is 3.05 bits per heavy atom. The summed E-state index contributed by atoms with van der Waals surface area (Å²) in [7, 11) is 0. The van der Waals surface area contributed by atoms with Gasteiger partial charge in [0.2, 0.25) is 6.23 Å². The molecule has 102 valence electrons. The maximum atomic E-state index is 11.2. The van der Waals surface area contributed by atoms with Crippen LogP contribution in [0.25, 0.3) is 0 Å². The van der Waals surface area contributed by atoms with Gasteiger partial charge in [0.25, 0.3) is 0 Å². The second-order valence-corrected chi connectivity index (χ2v) is 5.33. The summed E-state index contributed by atoms with van der Waals surface area (Å²) in [5.74, 6) is 6.00. The molecule has 1 fully saturated rings. The van der Waals surface area contributed by atoms with Crippen LogP contribution in [0.2, 0.25) is 5.02 Å². The monoisotopic (exact) mass is 308 g/mol. The van der Waals surface area contributed by atoms with E-state index in [1.807, 2.05) is 12.1 Å². The molecule has 0 radical (unpaired) electrons. The van der Waals surface area contributed by atoms with Gasteiger partial charge in [0.15, 0.2) is 0 Å². The Labute approximate surface area is 126 Å². The summed E-state index contributed by atoms with van der Waals surface area (Å²) in [5, 5.41) is 4.07. The maximum absolute atomic E-state index is 11.2. The van der Waals surface area contributed by atoms with Crippen LogP contribution in [-0.2, 0) is 4.84 Å². The Bertz CT molecular complexity index is 648. The fraction of sp³-hybridized carbons (Fsp3) is 0.286. The lowest BCUT2D eigenvalue weighted by Crippen LogP contribution is -2.34. The van der Waals surface area contributed by atoms with Gasteiger partial charge in [-0.25, -0.2) is 0 Å². The molecule has 2 unspecified atom stereocenters. The highest BCUT2D eigenvalue weighted by Gasteiger charge is 2.44. The summed E-state index contributed by atoms with van der Waals surface area (Å²) in [5.41, 5.74) is 1.46. The molecule has 0 aromatic heterocycles. The number of hydrogen-bond acceptors (Lipinski definition) is 3. The van der Waals surface area contributed by atoms with Crippen molar-refractivity contribution in [3.63, 3.8) is 0 Å². The lowest BCUT2D eigenvalue weighted by atomic mass is 10.0.